The van der Waals surface area contributed by atoms with E-state index >= 15 is 0 Å². The zero-order valence-electron chi connectivity index (χ0n) is 13.2. The second-order valence-corrected chi connectivity index (χ2v) is 8.94. The summed E-state index contributed by atoms with van der Waals surface area (Å²) in [5.41, 5.74) is 1.58. The van der Waals surface area contributed by atoms with E-state index in [2.05, 4.69) is 9.44 Å². The summed E-state index contributed by atoms with van der Waals surface area (Å²) in [6.07, 6.45) is 5.46. The molecule has 0 fully saturated rings. The molecule has 2 aromatic carbocycles. The lowest BCUT2D eigenvalue weighted by atomic mass is 10.2. The van der Waals surface area contributed by atoms with Crippen LogP contribution in [-0.2, 0) is 20.0 Å². The van der Waals surface area contributed by atoms with Crippen molar-refractivity contribution in [3.05, 3.63) is 84.2 Å². The maximum absolute atomic E-state index is 11.9. The molecule has 0 radical (unpaired) electrons. The highest BCUT2D eigenvalue weighted by atomic mass is 32.3. The van der Waals surface area contributed by atoms with Crippen molar-refractivity contribution in [3.8, 4) is 0 Å². The predicted molar refractivity (Wildman–Crippen MR) is 99.9 cm³/mol. The van der Waals surface area contributed by atoms with Crippen molar-refractivity contribution < 1.29 is 16.8 Å². The van der Waals surface area contributed by atoms with Gasteiger partial charge in [0.25, 0.3) is 0 Å². The molecule has 2 aromatic rings. The first-order chi connectivity index (χ1) is 11.9. The molecule has 0 aromatic heterocycles. The first-order valence-corrected chi connectivity index (χ1v) is 10.6. The molecule has 2 N–H and O–H groups in total. The lowest BCUT2D eigenvalue weighted by molar-refractivity contribution is 0.583. The monoisotopic (exact) mass is 378 g/mol. The molecular weight excluding hydrogens is 360 g/mol. The Balaban J connectivity index is 1.91. The average Bonchev–Trinajstić information content (AvgIpc) is 2.55. The molecule has 0 heterocycles. The number of nitrogens with one attached hydrogen (secondary N) is 2. The SMILES string of the molecule is O=S(=O)(CS(=O)(=O)NC=Cc1ccccc1)NC=Cc1ccccc1. The molecule has 0 spiro atoms. The number of hydrogen-bond donors (Lipinski definition) is 2. The highest BCUT2D eigenvalue weighted by Gasteiger charge is 2.19. The van der Waals surface area contributed by atoms with Crippen LogP contribution >= 0.6 is 0 Å². The van der Waals surface area contributed by atoms with E-state index in [1.165, 1.54) is 24.6 Å². The molecule has 0 amide bonds. The topological polar surface area (TPSA) is 92.3 Å². The van der Waals surface area contributed by atoms with Crippen LogP contribution in [0.15, 0.2) is 73.1 Å². The summed E-state index contributed by atoms with van der Waals surface area (Å²) >= 11 is 0. The van der Waals surface area contributed by atoms with Crippen molar-refractivity contribution in [1.29, 1.82) is 0 Å². The van der Waals surface area contributed by atoms with Gasteiger partial charge < -0.3 is 0 Å². The summed E-state index contributed by atoms with van der Waals surface area (Å²) in [5.74, 6) is 0. The Morgan fingerprint density at radius 1 is 0.640 bits per heavy atom. The number of rotatable bonds is 8. The van der Waals surface area contributed by atoms with Gasteiger partial charge in [-0.25, -0.2) is 16.8 Å². The largest absolute Gasteiger partial charge is 0.289 e. The minimum absolute atomic E-state index is 0.789. The Kier molecular flexibility index (Phi) is 6.37. The highest BCUT2D eigenvalue weighted by Crippen LogP contribution is 2.02. The molecule has 0 bridgehead atoms. The Morgan fingerprint density at radius 2 is 1.00 bits per heavy atom. The highest BCUT2D eigenvalue weighted by molar-refractivity contribution is 8.06. The van der Waals surface area contributed by atoms with Crippen LogP contribution in [0.5, 0.6) is 0 Å². The van der Waals surface area contributed by atoms with Crippen molar-refractivity contribution in [2.45, 2.75) is 0 Å². The van der Waals surface area contributed by atoms with Crippen molar-refractivity contribution in [1.82, 2.24) is 9.44 Å². The molecule has 0 aliphatic carbocycles. The molecule has 6 nitrogen and oxygen atoms in total. The van der Waals surface area contributed by atoms with Gasteiger partial charge in [-0.1, -0.05) is 60.7 Å². The standard InChI is InChI=1S/C17H18N2O4S2/c20-24(21,18-13-11-16-7-3-1-4-8-16)15-25(22,23)19-14-12-17-9-5-2-6-10-17/h1-14,18-19H,15H2. The van der Waals surface area contributed by atoms with Gasteiger partial charge in [-0.2, -0.15) is 0 Å². The second kappa shape index (κ2) is 8.50. The van der Waals surface area contributed by atoms with Crippen molar-refractivity contribution >= 4 is 32.2 Å². The molecule has 0 aliphatic heterocycles. The van der Waals surface area contributed by atoms with Gasteiger partial charge in [-0.3, -0.25) is 9.44 Å². The minimum atomic E-state index is -4.03. The molecule has 0 saturated carbocycles. The van der Waals surface area contributed by atoms with Crippen LogP contribution in [0.2, 0.25) is 0 Å². The van der Waals surface area contributed by atoms with Crippen LogP contribution in [0.3, 0.4) is 0 Å². The van der Waals surface area contributed by atoms with E-state index in [0.29, 0.717) is 0 Å². The van der Waals surface area contributed by atoms with E-state index in [1.807, 2.05) is 36.4 Å². The van der Waals surface area contributed by atoms with Gasteiger partial charge in [0.1, 0.15) is 0 Å². The number of hydrogen-bond acceptors (Lipinski definition) is 4. The molecule has 0 unspecified atom stereocenters. The molecule has 2 rings (SSSR count). The quantitative estimate of drug-likeness (QED) is 0.736. The van der Waals surface area contributed by atoms with Crippen molar-refractivity contribution in [2.75, 3.05) is 5.08 Å². The Hall–Kier alpha value is -2.58. The molecule has 0 saturated heterocycles. The summed E-state index contributed by atoms with van der Waals surface area (Å²) in [5, 5.41) is -1.07. The Labute approximate surface area is 148 Å². The lowest BCUT2D eigenvalue weighted by Gasteiger charge is -2.05. The number of benzene rings is 2. The van der Waals surface area contributed by atoms with Crippen molar-refractivity contribution in [2.24, 2.45) is 0 Å². The second-order valence-electron chi connectivity index (χ2n) is 5.07. The molecule has 0 atom stereocenters. The normalized spacial score (nSPS) is 12.5. The van der Waals surface area contributed by atoms with Crippen LogP contribution in [0.1, 0.15) is 11.1 Å². The Bertz CT molecular complexity index is 857. The van der Waals surface area contributed by atoms with Crippen LogP contribution < -0.4 is 9.44 Å². The van der Waals surface area contributed by atoms with Gasteiger partial charge in [0.15, 0.2) is 5.08 Å². The van der Waals surface area contributed by atoms with E-state index < -0.39 is 25.1 Å². The van der Waals surface area contributed by atoms with Gasteiger partial charge in [0, 0.05) is 12.4 Å². The zero-order chi connectivity index (χ0) is 18.2. The van der Waals surface area contributed by atoms with Crippen LogP contribution in [0, 0.1) is 0 Å². The summed E-state index contributed by atoms with van der Waals surface area (Å²) in [6.45, 7) is 0. The first-order valence-electron chi connectivity index (χ1n) is 7.29. The fourth-order valence-electron chi connectivity index (χ4n) is 1.87. The Morgan fingerprint density at radius 3 is 1.36 bits per heavy atom. The van der Waals surface area contributed by atoms with E-state index in [1.54, 1.807) is 24.3 Å². The maximum atomic E-state index is 11.9. The van der Waals surface area contributed by atoms with Gasteiger partial charge in [0.2, 0.25) is 20.0 Å². The van der Waals surface area contributed by atoms with E-state index in [-0.39, 0.29) is 0 Å². The third-order valence-electron chi connectivity index (χ3n) is 2.96. The fraction of sp³-hybridized carbons (Fsp3) is 0.0588. The summed E-state index contributed by atoms with van der Waals surface area (Å²) in [6, 6.07) is 18.1. The molecule has 132 valence electrons. The van der Waals surface area contributed by atoms with Gasteiger partial charge in [-0.05, 0) is 23.3 Å². The van der Waals surface area contributed by atoms with Crippen LogP contribution in [0.4, 0.5) is 0 Å². The van der Waals surface area contributed by atoms with Crippen LogP contribution in [-0.4, -0.2) is 21.9 Å². The third kappa shape index (κ3) is 7.23. The maximum Gasteiger partial charge on any atom is 0.248 e. The summed E-state index contributed by atoms with van der Waals surface area (Å²) in [4.78, 5) is 0. The summed E-state index contributed by atoms with van der Waals surface area (Å²) < 4.78 is 51.7. The van der Waals surface area contributed by atoms with E-state index in [9.17, 15) is 16.8 Å². The minimum Gasteiger partial charge on any atom is -0.289 e. The fourth-order valence-corrected chi connectivity index (χ4v) is 4.60. The molecule has 8 heteroatoms. The molecular formula is C17H18N2O4S2. The lowest BCUT2D eigenvalue weighted by Crippen LogP contribution is -2.32. The van der Waals surface area contributed by atoms with Gasteiger partial charge in [-0.15, -0.1) is 0 Å². The van der Waals surface area contributed by atoms with E-state index in [4.69, 9.17) is 0 Å². The van der Waals surface area contributed by atoms with E-state index in [0.717, 1.165) is 11.1 Å². The van der Waals surface area contributed by atoms with Gasteiger partial charge >= 0.3 is 0 Å². The third-order valence-corrected chi connectivity index (χ3v) is 6.43. The van der Waals surface area contributed by atoms with Crippen molar-refractivity contribution in [3.63, 3.8) is 0 Å². The van der Waals surface area contributed by atoms with Gasteiger partial charge in [0.05, 0.1) is 0 Å². The first kappa shape index (κ1) is 18.8. The predicted octanol–water partition coefficient (Wildman–Crippen LogP) is 2.12. The molecule has 25 heavy (non-hydrogen) atoms. The molecule has 0 aliphatic rings. The van der Waals surface area contributed by atoms with Crippen LogP contribution in [0.25, 0.3) is 12.2 Å². The zero-order valence-corrected chi connectivity index (χ0v) is 14.9. The smallest absolute Gasteiger partial charge is 0.248 e. The average molecular weight is 378 g/mol. The number of sulfonamides is 2. The summed E-state index contributed by atoms with van der Waals surface area (Å²) in [7, 11) is -8.05.